The third-order valence-electron chi connectivity index (χ3n) is 6.82. The monoisotopic (exact) mass is 533 g/mol. The molecule has 2 heterocycles. The molecule has 0 spiro atoms. The Labute approximate surface area is 218 Å². The summed E-state index contributed by atoms with van der Waals surface area (Å²) in [4.78, 5) is 60.6. The standard InChI is InChI=1S/C25H29ClFN5O5/c1-29(2)24(36)25(37)30(3)18-13-31(15-6-7-15)10-11-32-22(18)28-20(21(34)23(32)35)19(33)9-5-14-4-8-17(27)16(26)12-14/h4,8,12,15,18,34H,5-7,9-11,13H2,1-3H3. The largest absolute Gasteiger partial charge is 0.501 e. The first kappa shape index (κ1) is 26.7. The molecule has 1 unspecified atom stereocenters. The highest BCUT2D eigenvalue weighted by Crippen LogP contribution is 2.32. The van der Waals surface area contributed by atoms with Crippen LogP contribution in [0.25, 0.3) is 0 Å². The molecule has 2 aromatic rings. The lowest BCUT2D eigenvalue weighted by Crippen LogP contribution is -2.46. The number of ketones is 1. The minimum atomic E-state index is -0.796. The van der Waals surface area contributed by atoms with Crippen molar-refractivity contribution in [3.63, 3.8) is 0 Å². The highest BCUT2D eigenvalue weighted by Gasteiger charge is 2.39. The topological polar surface area (TPSA) is 116 Å². The number of halogens is 2. The number of aromatic hydroxyl groups is 1. The van der Waals surface area contributed by atoms with Gasteiger partial charge in [0.2, 0.25) is 5.75 Å². The first-order valence-corrected chi connectivity index (χ1v) is 12.4. The molecule has 10 nitrogen and oxygen atoms in total. The number of aromatic nitrogens is 2. The molecule has 1 aromatic heterocycles. The summed E-state index contributed by atoms with van der Waals surface area (Å²) in [5.74, 6) is -3.29. The number of rotatable bonds is 6. The molecular weight excluding hydrogens is 505 g/mol. The first-order chi connectivity index (χ1) is 17.5. The Kier molecular flexibility index (Phi) is 7.65. The molecule has 1 atom stereocenters. The molecule has 0 saturated heterocycles. The minimum Gasteiger partial charge on any atom is -0.501 e. The summed E-state index contributed by atoms with van der Waals surface area (Å²) < 4.78 is 14.7. The van der Waals surface area contributed by atoms with Crippen molar-refractivity contribution in [1.29, 1.82) is 0 Å². The van der Waals surface area contributed by atoms with Crippen molar-refractivity contribution in [2.24, 2.45) is 0 Å². The van der Waals surface area contributed by atoms with Gasteiger partial charge in [-0.1, -0.05) is 17.7 Å². The zero-order valence-corrected chi connectivity index (χ0v) is 21.7. The maximum atomic E-state index is 13.5. The molecule has 0 bridgehead atoms. The molecule has 1 aromatic carbocycles. The van der Waals surface area contributed by atoms with E-state index in [1.165, 1.54) is 53.7 Å². The van der Waals surface area contributed by atoms with Crippen molar-refractivity contribution in [3.8, 4) is 5.75 Å². The molecule has 12 heteroatoms. The Hall–Kier alpha value is -3.31. The van der Waals surface area contributed by atoms with Crippen molar-refractivity contribution in [3.05, 3.63) is 56.5 Å². The second kappa shape index (κ2) is 10.6. The van der Waals surface area contributed by atoms with Crippen LogP contribution >= 0.6 is 11.6 Å². The van der Waals surface area contributed by atoms with Crippen LogP contribution in [0.4, 0.5) is 4.39 Å². The SMILES string of the molecule is CN(C)C(=O)C(=O)N(C)C1CN(C2CC2)CCn2c1nc(C(=O)CCc1ccc(F)c(Cl)c1)c(O)c2=O. The summed E-state index contributed by atoms with van der Waals surface area (Å²) in [5, 5.41) is 10.6. The van der Waals surface area contributed by atoms with Crippen LogP contribution < -0.4 is 5.56 Å². The molecule has 4 rings (SSSR count). The van der Waals surface area contributed by atoms with E-state index in [0.717, 1.165) is 12.8 Å². The molecule has 2 amide bonds. The molecule has 1 fully saturated rings. The fraction of sp³-hybridized carbons (Fsp3) is 0.480. The first-order valence-electron chi connectivity index (χ1n) is 12.0. The number of hydrogen-bond donors (Lipinski definition) is 1. The van der Waals surface area contributed by atoms with Gasteiger partial charge in [0.05, 0.1) is 5.02 Å². The molecule has 1 saturated carbocycles. The van der Waals surface area contributed by atoms with Gasteiger partial charge < -0.3 is 14.9 Å². The Morgan fingerprint density at radius 3 is 2.49 bits per heavy atom. The predicted octanol–water partition coefficient (Wildman–Crippen LogP) is 1.62. The fourth-order valence-electron chi connectivity index (χ4n) is 4.47. The highest BCUT2D eigenvalue weighted by atomic mass is 35.5. The number of carbonyl (C=O) groups excluding carboxylic acids is 3. The summed E-state index contributed by atoms with van der Waals surface area (Å²) in [6.07, 6.45) is 2.05. The van der Waals surface area contributed by atoms with Crippen LogP contribution in [-0.2, 0) is 22.6 Å². The lowest BCUT2D eigenvalue weighted by Gasteiger charge is -2.31. The molecule has 1 aliphatic carbocycles. The van der Waals surface area contributed by atoms with Gasteiger partial charge in [-0.2, -0.15) is 0 Å². The maximum Gasteiger partial charge on any atom is 0.312 e. The van der Waals surface area contributed by atoms with Gasteiger partial charge in [-0.3, -0.25) is 28.6 Å². The van der Waals surface area contributed by atoms with Crippen LogP contribution in [0.15, 0.2) is 23.0 Å². The molecule has 198 valence electrons. The van der Waals surface area contributed by atoms with Crippen molar-refractivity contribution >= 4 is 29.2 Å². The summed E-state index contributed by atoms with van der Waals surface area (Å²) in [6, 6.07) is 3.62. The maximum absolute atomic E-state index is 13.5. The van der Waals surface area contributed by atoms with E-state index in [2.05, 4.69) is 9.88 Å². The summed E-state index contributed by atoms with van der Waals surface area (Å²) in [6.45, 7) is 1.04. The molecule has 0 radical (unpaired) electrons. The Balaban J connectivity index is 1.69. The van der Waals surface area contributed by atoms with E-state index in [1.54, 1.807) is 0 Å². The number of Topliss-reactive ketones (excluding diaryl/α,β-unsaturated/α-hetero) is 1. The molecule has 37 heavy (non-hydrogen) atoms. The Morgan fingerprint density at radius 2 is 1.86 bits per heavy atom. The van der Waals surface area contributed by atoms with Crippen LogP contribution in [0.2, 0.25) is 5.02 Å². The smallest absolute Gasteiger partial charge is 0.312 e. The average Bonchev–Trinajstić information content (AvgIpc) is 3.72. The minimum absolute atomic E-state index is 0.0720. The van der Waals surface area contributed by atoms with Crippen LogP contribution in [-0.4, -0.2) is 87.2 Å². The van der Waals surface area contributed by atoms with Crippen molar-refractivity contribution in [2.45, 2.75) is 44.3 Å². The van der Waals surface area contributed by atoms with E-state index in [-0.39, 0.29) is 30.2 Å². The van der Waals surface area contributed by atoms with Crippen LogP contribution in [0, 0.1) is 5.82 Å². The second-order valence-electron chi connectivity index (χ2n) is 9.65. The average molecular weight is 534 g/mol. The number of nitrogens with zero attached hydrogens (tertiary/aromatic N) is 5. The number of aryl methyl sites for hydroxylation is 1. The van der Waals surface area contributed by atoms with Crippen molar-refractivity contribution < 1.29 is 23.9 Å². The molecular formula is C25H29ClFN5O5. The van der Waals surface area contributed by atoms with Gasteiger partial charge in [-0.25, -0.2) is 9.37 Å². The summed E-state index contributed by atoms with van der Waals surface area (Å²) in [5.41, 5.74) is -0.564. The number of hydrogen-bond acceptors (Lipinski definition) is 7. The van der Waals surface area contributed by atoms with E-state index in [0.29, 0.717) is 24.7 Å². The van der Waals surface area contributed by atoms with Crippen LogP contribution in [0.3, 0.4) is 0 Å². The van der Waals surface area contributed by atoms with E-state index in [1.807, 2.05) is 0 Å². The summed E-state index contributed by atoms with van der Waals surface area (Å²) in [7, 11) is 4.41. The lowest BCUT2D eigenvalue weighted by molar-refractivity contribution is -0.151. The molecule has 1 aliphatic heterocycles. The van der Waals surface area contributed by atoms with Crippen LogP contribution in [0.5, 0.6) is 5.75 Å². The normalized spacial score (nSPS) is 17.6. The van der Waals surface area contributed by atoms with Gasteiger partial charge in [-0.15, -0.1) is 0 Å². The quantitative estimate of drug-likeness (QED) is 0.443. The van der Waals surface area contributed by atoms with Gasteiger partial charge >= 0.3 is 11.8 Å². The van der Waals surface area contributed by atoms with E-state index < -0.39 is 46.5 Å². The second-order valence-corrected chi connectivity index (χ2v) is 10.1. The molecule has 2 aliphatic rings. The fourth-order valence-corrected chi connectivity index (χ4v) is 4.67. The van der Waals surface area contributed by atoms with Crippen molar-refractivity contribution in [1.82, 2.24) is 24.3 Å². The molecule has 1 N–H and O–H groups in total. The van der Waals surface area contributed by atoms with E-state index in [9.17, 15) is 28.7 Å². The number of likely N-dealkylation sites (N-methyl/N-ethyl adjacent to an activating group) is 2. The number of benzene rings is 1. The van der Waals surface area contributed by atoms with Gasteiger partial charge in [0, 0.05) is 53.2 Å². The van der Waals surface area contributed by atoms with E-state index in [4.69, 9.17) is 11.6 Å². The Morgan fingerprint density at radius 1 is 1.16 bits per heavy atom. The van der Waals surface area contributed by atoms with Gasteiger partial charge in [0.15, 0.2) is 11.5 Å². The van der Waals surface area contributed by atoms with E-state index >= 15 is 0 Å². The highest BCUT2D eigenvalue weighted by molar-refractivity contribution is 6.34. The third-order valence-corrected chi connectivity index (χ3v) is 7.11. The number of amides is 2. The number of fused-ring (bicyclic) bond motifs is 1. The van der Waals surface area contributed by atoms with Gasteiger partial charge in [-0.05, 0) is 37.0 Å². The van der Waals surface area contributed by atoms with Crippen molar-refractivity contribution in [2.75, 3.05) is 34.2 Å². The zero-order valence-electron chi connectivity index (χ0n) is 20.9. The lowest BCUT2D eigenvalue weighted by atomic mass is 10.1. The van der Waals surface area contributed by atoms with Crippen LogP contribution in [0.1, 0.15) is 47.2 Å². The Bertz CT molecular complexity index is 1310. The number of carbonyl (C=O) groups is 3. The van der Waals surface area contributed by atoms with Gasteiger partial charge in [0.25, 0.3) is 5.56 Å². The predicted molar refractivity (Wildman–Crippen MR) is 133 cm³/mol. The zero-order chi connectivity index (χ0) is 27.0. The third kappa shape index (κ3) is 5.52. The van der Waals surface area contributed by atoms with Gasteiger partial charge in [0.1, 0.15) is 17.7 Å². The summed E-state index contributed by atoms with van der Waals surface area (Å²) >= 11 is 5.82.